The lowest BCUT2D eigenvalue weighted by Crippen LogP contribution is -2.13. The number of hydrogen-bond acceptors (Lipinski definition) is 6. The van der Waals surface area contributed by atoms with Crippen molar-refractivity contribution in [3.8, 4) is 5.69 Å². The fourth-order valence-corrected chi connectivity index (χ4v) is 2.72. The van der Waals surface area contributed by atoms with E-state index in [0.717, 1.165) is 0 Å². The van der Waals surface area contributed by atoms with E-state index in [9.17, 15) is 19.7 Å². The number of carbonyl (C=O) groups is 1. The molecule has 28 heavy (non-hydrogen) atoms. The number of anilines is 1. The molecule has 0 unspecified atom stereocenters. The number of carbonyl (C=O) groups excluding carboxylic acids is 1. The first-order chi connectivity index (χ1) is 13.4. The maximum Gasteiger partial charge on any atom is 0.419 e. The van der Waals surface area contributed by atoms with Crippen LogP contribution in [0.1, 0.15) is 10.5 Å². The predicted molar refractivity (Wildman–Crippen MR) is 99.6 cm³/mol. The zero-order chi connectivity index (χ0) is 19.8. The summed E-state index contributed by atoms with van der Waals surface area (Å²) in [4.78, 5) is 34.2. The van der Waals surface area contributed by atoms with Crippen LogP contribution in [0.4, 0.5) is 11.4 Å². The first-order valence-electron chi connectivity index (χ1n) is 8.14. The second kappa shape index (κ2) is 6.50. The molecule has 0 atom stereocenters. The van der Waals surface area contributed by atoms with E-state index in [-0.39, 0.29) is 11.4 Å². The summed E-state index contributed by atoms with van der Waals surface area (Å²) in [5, 5.41) is 17.6. The third-order valence-corrected chi connectivity index (χ3v) is 4.20. The number of nitro groups is 1. The Bertz CT molecular complexity index is 1270. The van der Waals surface area contributed by atoms with Gasteiger partial charge in [0.2, 0.25) is 0 Å². The quantitative estimate of drug-likeness (QED) is 0.429. The summed E-state index contributed by atoms with van der Waals surface area (Å²) in [6.45, 7) is 0. The van der Waals surface area contributed by atoms with Crippen molar-refractivity contribution in [1.82, 2.24) is 14.3 Å². The minimum atomic E-state index is -0.489. The Balaban J connectivity index is 1.54. The van der Waals surface area contributed by atoms with Gasteiger partial charge in [-0.2, -0.15) is 5.10 Å². The summed E-state index contributed by atoms with van der Waals surface area (Å²) in [5.74, 6) is -0.932. The van der Waals surface area contributed by atoms with E-state index < -0.39 is 16.6 Å². The van der Waals surface area contributed by atoms with Crippen LogP contribution in [0.25, 0.3) is 16.8 Å². The van der Waals surface area contributed by atoms with Crippen LogP contribution >= 0.6 is 0 Å². The Kier molecular flexibility index (Phi) is 4.00. The van der Waals surface area contributed by atoms with Crippen molar-refractivity contribution in [1.29, 1.82) is 0 Å². The molecule has 0 radical (unpaired) electrons. The van der Waals surface area contributed by atoms with Crippen LogP contribution in [0, 0.1) is 10.1 Å². The van der Waals surface area contributed by atoms with E-state index in [1.807, 2.05) is 0 Å². The fourth-order valence-electron chi connectivity index (χ4n) is 2.72. The molecule has 0 spiro atoms. The molecule has 1 amide bonds. The van der Waals surface area contributed by atoms with Gasteiger partial charge in [-0.15, -0.1) is 0 Å². The number of fused-ring (bicyclic) bond motifs is 1. The van der Waals surface area contributed by atoms with Crippen molar-refractivity contribution in [3.05, 3.63) is 81.1 Å². The predicted octanol–water partition coefficient (Wildman–Crippen LogP) is 2.48. The van der Waals surface area contributed by atoms with Crippen molar-refractivity contribution >= 4 is 28.4 Å². The van der Waals surface area contributed by atoms with Gasteiger partial charge in [-0.05, 0) is 30.3 Å². The zero-order valence-corrected chi connectivity index (χ0v) is 14.5. The van der Waals surface area contributed by atoms with Crippen LogP contribution in [-0.2, 0) is 7.05 Å². The maximum absolute atomic E-state index is 12.4. The molecular weight excluding hydrogens is 366 g/mol. The first kappa shape index (κ1) is 17.2. The van der Waals surface area contributed by atoms with E-state index in [1.54, 1.807) is 31.4 Å². The van der Waals surface area contributed by atoms with Gasteiger partial charge in [0, 0.05) is 37.1 Å². The van der Waals surface area contributed by atoms with E-state index >= 15 is 0 Å². The standard InChI is InChI=1S/C18H13N5O5/c1-21-15-7-2-11(10-16(15)28-18(21)25)19-17(24)14-8-9-22(20-14)12-3-5-13(6-4-12)23(26)27/h2-10H,1H3,(H,19,24). The maximum atomic E-state index is 12.4. The van der Waals surface area contributed by atoms with Gasteiger partial charge in [0.05, 0.1) is 16.1 Å². The highest BCUT2D eigenvalue weighted by Crippen LogP contribution is 2.19. The van der Waals surface area contributed by atoms with Gasteiger partial charge < -0.3 is 9.73 Å². The fraction of sp³-hybridized carbons (Fsp3) is 0.0556. The number of non-ortho nitro benzene ring substituents is 1. The highest BCUT2D eigenvalue weighted by Gasteiger charge is 2.13. The average molecular weight is 379 g/mol. The summed E-state index contributed by atoms with van der Waals surface area (Å²) in [6.07, 6.45) is 1.58. The molecule has 0 saturated heterocycles. The molecule has 0 bridgehead atoms. The summed E-state index contributed by atoms with van der Waals surface area (Å²) >= 11 is 0. The van der Waals surface area contributed by atoms with Crippen LogP contribution in [0.15, 0.2) is 63.9 Å². The minimum absolute atomic E-state index is 0.0307. The number of benzene rings is 2. The molecule has 0 aliphatic heterocycles. The molecule has 0 saturated carbocycles. The highest BCUT2D eigenvalue weighted by atomic mass is 16.6. The minimum Gasteiger partial charge on any atom is -0.408 e. The van der Waals surface area contributed by atoms with Gasteiger partial charge in [0.1, 0.15) is 0 Å². The molecular formula is C18H13N5O5. The van der Waals surface area contributed by atoms with Crippen molar-refractivity contribution < 1.29 is 14.1 Å². The Morgan fingerprint density at radius 3 is 2.64 bits per heavy atom. The molecule has 4 aromatic rings. The second-order valence-corrected chi connectivity index (χ2v) is 5.98. The Hall–Kier alpha value is -4.21. The molecule has 1 N–H and O–H groups in total. The SMILES string of the molecule is Cn1c(=O)oc2cc(NC(=O)c3ccn(-c4ccc([N+](=O)[O-])cc4)n3)ccc21. The van der Waals surface area contributed by atoms with Crippen molar-refractivity contribution in [2.45, 2.75) is 0 Å². The number of nitro benzene ring substituents is 1. The van der Waals surface area contributed by atoms with Gasteiger partial charge in [-0.25, -0.2) is 9.48 Å². The number of hydrogen-bond donors (Lipinski definition) is 1. The van der Waals surface area contributed by atoms with Gasteiger partial charge in [0.25, 0.3) is 11.6 Å². The van der Waals surface area contributed by atoms with Gasteiger partial charge >= 0.3 is 5.76 Å². The van der Waals surface area contributed by atoms with Crippen molar-refractivity contribution in [2.24, 2.45) is 7.05 Å². The lowest BCUT2D eigenvalue weighted by atomic mass is 10.2. The number of rotatable bonds is 4. The molecule has 0 aliphatic carbocycles. The highest BCUT2D eigenvalue weighted by molar-refractivity contribution is 6.03. The summed E-state index contributed by atoms with van der Waals surface area (Å²) in [5.41, 5.74) is 2.14. The van der Waals surface area contributed by atoms with Crippen LogP contribution in [0.3, 0.4) is 0 Å². The molecule has 0 fully saturated rings. The lowest BCUT2D eigenvalue weighted by molar-refractivity contribution is -0.384. The number of nitrogens with zero attached hydrogens (tertiary/aromatic N) is 4. The second-order valence-electron chi connectivity index (χ2n) is 5.98. The number of nitrogens with one attached hydrogen (secondary N) is 1. The Labute approximate surface area is 156 Å². The molecule has 2 aromatic heterocycles. The van der Waals surface area contributed by atoms with E-state index in [2.05, 4.69) is 10.4 Å². The first-order valence-corrected chi connectivity index (χ1v) is 8.14. The smallest absolute Gasteiger partial charge is 0.408 e. The molecule has 10 nitrogen and oxygen atoms in total. The van der Waals surface area contributed by atoms with Crippen LogP contribution in [0.2, 0.25) is 0 Å². The van der Waals surface area contributed by atoms with E-state index in [0.29, 0.717) is 22.5 Å². The lowest BCUT2D eigenvalue weighted by Gasteiger charge is -2.03. The summed E-state index contributed by atoms with van der Waals surface area (Å²) < 4.78 is 7.91. The van der Waals surface area contributed by atoms with Crippen LogP contribution < -0.4 is 11.1 Å². The van der Waals surface area contributed by atoms with Crippen LogP contribution in [0.5, 0.6) is 0 Å². The van der Waals surface area contributed by atoms with E-state index in [1.165, 1.54) is 39.6 Å². The monoisotopic (exact) mass is 379 g/mol. The molecule has 2 aromatic carbocycles. The van der Waals surface area contributed by atoms with Crippen molar-refractivity contribution in [3.63, 3.8) is 0 Å². The third-order valence-electron chi connectivity index (χ3n) is 4.20. The summed E-state index contributed by atoms with van der Waals surface area (Å²) in [6, 6.07) is 12.2. The molecule has 0 aliphatic rings. The number of amides is 1. The zero-order valence-electron chi connectivity index (χ0n) is 14.5. The Morgan fingerprint density at radius 2 is 1.93 bits per heavy atom. The van der Waals surface area contributed by atoms with E-state index in [4.69, 9.17) is 4.42 Å². The topological polar surface area (TPSA) is 125 Å². The normalized spacial score (nSPS) is 10.9. The van der Waals surface area contributed by atoms with Gasteiger partial charge in [-0.1, -0.05) is 0 Å². The summed E-state index contributed by atoms with van der Waals surface area (Å²) in [7, 11) is 1.59. The largest absolute Gasteiger partial charge is 0.419 e. The molecule has 10 heteroatoms. The van der Waals surface area contributed by atoms with Crippen molar-refractivity contribution in [2.75, 3.05) is 5.32 Å². The molecule has 2 heterocycles. The third kappa shape index (κ3) is 3.03. The van der Waals surface area contributed by atoms with Gasteiger partial charge in [-0.3, -0.25) is 19.5 Å². The number of oxazole rings is 1. The molecule has 4 rings (SSSR count). The molecule has 140 valence electrons. The number of aromatic nitrogens is 3. The average Bonchev–Trinajstić information content (AvgIpc) is 3.27. The van der Waals surface area contributed by atoms with Gasteiger partial charge in [0.15, 0.2) is 11.3 Å². The Morgan fingerprint density at radius 1 is 1.18 bits per heavy atom. The number of aryl methyl sites for hydroxylation is 1. The van der Waals surface area contributed by atoms with Crippen LogP contribution in [-0.4, -0.2) is 25.2 Å².